The van der Waals surface area contributed by atoms with Crippen LogP contribution >= 0.6 is 0 Å². The van der Waals surface area contributed by atoms with Gasteiger partial charge in [0.25, 0.3) is 5.91 Å². The molecule has 2 heterocycles. The molecule has 1 aliphatic rings. The predicted molar refractivity (Wildman–Crippen MR) is 147 cm³/mol. The first kappa shape index (κ1) is 29.5. The molecule has 1 aromatic heterocycles. The first-order valence-electron chi connectivity index (χ1n) is 13.2. The molecular formula is C29H33F3N4O3S. The summed E-state index contributed by atoms with van der Waals surface area (Å²) in [6.07, 6.45) is -2.31. The van der Waals surface area contributed by atoms with E-state index in [1.54, 1.807) is 25.1 Å². The van der Waals surface area contributed by atoms with E-state index in [2.05, 4.69) is 15.3 Å². The van der Waals surface area contributed by atoms with Crippen molar-refractivity contribution in [3.63, 3.8) is 0 Å². The number of amides is 1. The van der Waals surface area contributed by atoms with E-state index in [1.165, 1.54) is 12.1 Å². The molecule has 0 saturated heterocycles. The minimum absolute atomic E-state index is 0.00821. The number of anilines is 1. The van der Waals surface area contributed by atoms with Crippen molar-refractivity contribution in [3.05, 3.63) is 82.7 Å². The minimum atomic E-state index is -4.57. The lowest BCUT2D eigenvalue weighted by Crippen LogP contribution is -2.54. The summed E-state index contributed by atoms with van der Waals surface area (Å²) in [7, 11) is -3.30. The molecule has 0 radical (unpaired) electrons. The van der Waals surface area contributed by atoms with Gasteiger partial charge in [0, 0.05) is 24.8 Å². The largest absolute Gasteiger partial charge is 0.433 e. The van der Waals surface area contributed by atoms with Crippen molar-refractivity contribution >= 4 is 21.7 Å². The van der Waals surface area contributed by atoms with Crippen LogP contribution in [0.15, 0.2) is 59.6 Å². The Morgan fingerprint density at radius 3 is 2.40 bits per heavy atom. The number of rotatable bonds is 8. The number of hydrogen-bond acceptors (Lipinski definition) is 6. The number of nitrogens with one attached hydrogen (secondary N) is 1. The zero-order valence-corrected chi connectivity index (χ0v) is 23.7. The number of hydrogen-bond donors (Lipinski definition) is 1. The summed E-state index contributed by atoms with van der Waals surface area (Å²) in [6.45, 7) is 8.26. The van der Waals surface area contributed by atoms with E-state index in [0.29, 0.717) is 24.9 Å². The molecule has 0 saturated carbocycles. The van der Waals surface area contributed by atoms with Gasteiger partial charge in [0.2, 0.25) is 5.95 Å². The van der Waals surface area contributed by atoms with Gasteiger partial charge in [-0.3, -0.25) is 4.79 Å². The monoisotopic (exact) mass is 574 g/mol. The Morgan fingerprint density at radius 1 is 1.10 bits per heavy atom. The smallest absolute Gasteiger partial charge is 0.348 e. The van der Waals surface area contributed by atoms with Crippen LogP contribution in [0.1, 0.15) is 66.9 Å². The van der Waals surface area contributed by atoms with Crippen molar-refractivity contribution < 1.29 is 26.4 Å². The summed E-state index contributed by atoms with van der Waals surface area (Å²) < 4.78 is 64.3. The minimum Gasteiger partial charge on any atom is -0.348 e. The zero-order valence-electron chi connectivity index (χ0n) is 22.9. The lowest BCUT2D eigenvalue weighted by molar-refractivity contribution is -0.141. The highest BCUT2D eigenvalue weighted by molar-refractivity contribution is 7.91. The molecule has 0 spiro atoms. The number of nitrogens with zero attached hydrogens (tertiary/aromatic N) is 3. The molecule has 214 valence electrons. The SMILES string of the molecule is CCC1(C(C)C)c2ccc(C(=O)NCc3ccc(S(=O)(=O)CC)cc3)cc2CCN1c1nccc(C(F)(F)F)n1. The highest BCUT2D eigenvalue weighted by Gasteiger charge is 2.46. The highest BCUT2D eigenvalue weighted by atomic mass is 32.2. The highest BCUT2D eigenvalue weighted by Crippen LogP contribution is 2.46. The Balaban J connectivity index is 1.59. The molecule has 1 unspecified atom stereocenters. The molecule has 40 heavy (non-hydrogen) atoms. The summed E-state index contributed by atoms with van der Waals surface area (Å²) in [6, 6.07) is 12.8. The molecule has 1 N–H and O–H groups in total. The predicted octanol–water partition coefficient (Wildman–Crippen LogP) is 5.54. The number of carbonyl (C=O) groups is 1. The fourth-order valence-corrected chi connectivity index (χ4v) is 6.42. The first-order chi connectivity index (χ1) is 18.8. The van der Waals surface area contributed by atoms with Crippen LogP contribution < -0.4 is 10.2 Å². The number of alkyl halides is 3. The molecule has 0 bridgehead atoms. The number of benzene rings is 2. The fourth-order valence-electron chi connectivity index (χ4n) is 5.53. The van der Waals surface area contributed by atoms with E-state index in [-0.39, 0.29) is 35.0 Å². The van der Waals surface area contributed by atoms with Gasteiger partial charge in [0.15, 0.2) is 9.84 Å². The van der Waals surface area contributed by atoms with Crippen molar-refractivity contribution in [3.8, 4) is 0 Å². The van der Waals surface area contributed by atoms with Crippen molar-refractivity contribution in [1.82, 2.24) is 15.3 Å². The van der Waals surface area contributed by atoms with Gasteiger partial charge in [0.05, 0.1) is 16.2 Å². The third kappa shape index (κ3) is 5.56. The molecule has 1 aliphatic heterocycles. The molecule has 4 rings (SSSR count). The number of fused-ring (bicyclic) bond motifs is 1. The number of aromatic nitrogens is 2. The lowest BCUT2D eigenvalue weighted by atomic mass is 9.71. The van der Waals surface area contributed by atoms with E-state index >= 15 is 0 Å². The fraction of sp³-hybridized carbons (Fsp3) is 0.414. The maximum Gasteiger partial charge on any atom is 0.433 e. The second-order valence-corrected chi connectivity index (χ2v) is 12.5. The molecule has 0 fully saturated rings. The molecular weight excluding hydrogens is 541 g/mol. The zero-order chi connectivity index (χ0) is 29.3. The quantitative estimate of drug-likeness (QED) is 0.380. The van der Waals surface area contributed by atoms with Gasteiger partial charge in [-0.25, -0.2) is 18.4 Å². The van der Waals surface area contributed by atoms with Gasteiger partial charge in [0.1, 0.15) is 5.69 Å². The summed E-state index contributed by atoms with van der Waals surface area (Å²) in [4.78, 5) is 23.2. The van der Waals surface area contributed by atoms with Crippen LogP contribution in [-0.4, -0.2) is 36.6 Å². The second-order valence-electron chi connectivity index (χ2n) is 10.2. The lowest BCUT2D eigenvalue weighted by Gasteiger charge is -2.51. The van der Waals surface area contributed by atoms with Crippen LogP contribution in [0, 0.1) is 5.92 Å². The number of sulfone groups is 1. The van der Waals surface area contributed by atoms with E-state index in [9.17, 15) is 26.4 Å². The topological polar surface area (TPSA) is 92.3 Å². The van der Waals surface area contributed by atoms with E-state index in [0.717, 1.165) is 29.0 Å². The first-order valence-corrected chi connectivity index (χ1v) is 14.9. The van der Waals surface area contributed by atoms with Crippen LogP contribution in [-0.2, 0) is 34.5 Å². The van der Waals surface area contributed by atoms with Crippen molar-refractivity contribution in [2.24, 2.45) is 5.92 Å². The van der Waals surface area contributed by atoms with Crippen molar-refractivity contribution in [2.75, 3.05) is 17.2 Å². The summed E-state index contributed by atoms with van der Waals surface area (Å²) in [5, 5.41) is 2.88. The van der Waals surface area contributed by atoms with Gasteiger partial charge in [-0.05, 0) is 65.8 Å². The summed E-state index contributed by atoms with van der Waals surface area (Å²) in [5.74, 6) is -0.213. The maximum absolute atomic E-state index is 13.4. The second kappa shape index (κ2) is 11.2. The van der Waals surface area contributed by atoms with Gasteiger partial charge < -0.3 is 10.2 Å². The normalized spacial score (nSPS) is 17.6. The van der Waals surface area contributed by atoms with Crippen LogP contribution in [0.5, 0.6) is 0 Å². The Morgan fingerprint density at radius 2 is 1.80 bits per heavy atom. The van der Waals surface area contributed by atoms with Crippen molar-refractivity contribution in [2.45, 2.75) is 63.7 Å². The van der Waals surface area contributed by atoms with Crippen molar-refractivity contribution in [1.29, 1.82) is 0 Å². The number of carbonyl (C=O) groups excluding carboxylic acids is 1. The summed E-state index contributed by atoms with van der Waals surface area (Å²) in [5.41, 5.74) is 1.50. The van der Waals surface area contributed by atoms with E-state index in [1.807, 2.05) is 37.8 Å². The Bertz CT molecular complexity index is 1490. The maximum atomic E-state index is 13.4. The average molecular weight is 575 g/mol. The van der Waals surface area contributed by atoms with Crippen LogP contribution in [0.3, 0.4) is 0 Å². The van der Waals surface area contributed by atoms with Crippen LogP contribution in [0.25, 0.3) is 0 Å². The van der Waals surface area contributed by atoms with Gasteiger partial charge in [-0.2, -0.15) is 13.2 Å². The molecule has 2 aromatic carbocycles. The van der Waals surface area contributed by atoms with Gasteiger partial charge in [-0.15, -0.1) is 0 Å². The molecule has 1 amide bonds. The molecule has 1 atom stereocenters. The third-order valence-corrected chi connectivity index (χ3v) is 9.46. The third-order valence-electron chi connectivity index (χ3n) is 7.70. The Hall–Kier alpha value is -3.47. The van der Waals surface area contributed by atoms with E-state index < -0.39 is 27.2 Å². The van der Waals surface area contributed by atoms with Crippen LogP contribution in [0.2, 0.25) is 0 Å². The van der Waals surface area contributed by atoms with E-state index in [4.69, 9.17) is 0 Å². The van der Waals surface area contributed by atoms with Crippen LogP contribution in [0.4, 0.5) is 19.1 Å². The molecule has 3 aromatic rings. The standard InChI is InChI=1S/C29H33F3N4O3S/c1-5-28(19(3)4)24-12-9-22(26(37)34-18-20-7-10-23(11-8-20)40(38,39)6-2)17-21(24)14-16-36(28)27-33-15-13-25(35-27)29(30,31)32/h7-13,15,17,19H,5-6,14,16,18H2,1-4H3,(H,34,37). The number of halogens is 3. The Labute approximate surface area is 232 Å². The molecule has 7 nitrogen and oxygen atoms in total. The molecule has 0 aliphatic carbocycles. The Kier molecular flexibility index (Phi) is 8.26. The van der Waals surface area contributed by atoms with Gasteiger partial charge >= 0.3 is 6.18 Å². The summed E-state index contributed by atoms with van der Waals surface area (Å²) >= 11 is 0. The van der Waals surface area contributed by atoms with Gasteiger partial charge in [-0.1, -0.05) is 45.9 Å². The average Bonchev–Trinajstić information content (AvgIpc) is 2.94. The molecule has 11 heteroatoms.